The van der Waals surface area contributed by atoms with Crippen LogP contribution in [0.15, 0.2) is 48.7 Å². The first-order valence-corrected chi connectivity index (χ1v) is 11.1. The minimum atomic E-state index is 0.0246. The van der Waals surface area contributed by atoms with Crippen LogP contribution in [0.2, 0.25) is 0 Å². The van der Waals surface area contributed by atoms with Crippen LogP contribution in [-0.2, 0) is 17.9 Å². The van der Waals surface area contributed by atoms with Gasteiger partial charge >= 0.3 is 0 Å². The second-order valence-corrected chi connectivity index (χ2v) is 7.88. The number of aryl methyl sites for hydroxylation is 1. The molecule has 0 saturated carbocycles. The van der Waals surface area contributed by atoms with E-state index in [2.05, 4.69) is 36.7 Å². The average Bonchev–Trinajstić information content (AvgIpc) is 3.11. The van der Waals surface area contributed by atoms with Gasteiger partial charge in [-0.25, -0.2) is 4.98 Å². The van der Waals surface area contributed by atoms with E-state index in [0.29, 0.717) is 31.8 Å². The number of anilines is 1. The van der Waals surface area contributed by atoms with Gasteiger partial charge in [-0.2, -0.15) is 4.80 Å². The maximum Gasteiger partial charge on any atom is 0.220 e. The van der Waals surface area contributed by atoms with Crippen molar-refractivity contribution in [3.63, 3.8) is 0 Å². The number of rotatable bonds is 8. The zero-order chi connectivity index (χ0) is 21.3. The molecule has 1 N–H and O–H groups in total. The van der Waals surface area contributed by atoms with Crippen LogP contribution >= 0.6 is 0 Å². The summed E-state index contributed by atoms with van der Waals surface area (Å²) < 4.78 is 0. The molecule has 8 heteroatoms. The second-order valence-electron chi connectivity index (χ2n) is 7.88. The predicted octanol–water partition coefficient (Wildman–Crippen LogP) is 3.21. The summed E-state index contributed by atoms with van der Waals surface area (Å²) in [6, 6.07) is 13.8. The summed E-state index contributed by atoms with van der Waals surface area (Å²) in [6.07, 6.45) is 7.95. The summed E-state index contributed by atoms with van der Waals surface area (Å²) in [4.78, 5) is 20.7. The Balaban J connectivity index is 1.21. The van der Waals surface area contributed by atoms with Crippen molar-refractivity contribution in [1.29, 1.82) is 0 Å². The van der Waals surface area contributed by atoms with Crippen molar-refractivity contribution in [2.24, 2.45) is 0 Å². The molecule has 3 heterocycles. The molecule has 1 aromatic carbocycles. The number of pyridine rings is 1. The Kier molecular flexibility index (Phi) is 7.20. The van der Waals surface area contributed by atoms with Crippen LogP contribution in [0, 0.1) is 0 Å². The number of aromatic nitrogens is 5. The van der Waals surface area contributed by atoms with E-state index in [0.717, 1.165) is 30.0 Å². The van der Waals surface area contributed by atoms with Crippen LogP contribution in [0.5, 0.6) is 0 Å². The fraction of sp³-hybridized carbons (Fsp3) is 0.435. The molecule has 0 atom stereocenters. The van der Waals surface area contributed by atoms with Gasteiger partial charge in [0.1, 0.15) is 5.82 Å². The van der Waals surface area contributed by atoms with Crippen LogP contribution in [0.4, 0.5) is 5.82 Å². The molecule has 0 radical (unpaired) electrons. The number of hydrogen-bond donors (Lipinski definition) is 1. The minimum absolute atomic E-state index is 0.0246. The molecule has 0 unspecified atom stereocenters. The topological polar surface area (TPSA) is 88.8 Å². The van der Waals surface area contributed by atoms with E-state index in [1.54, 1.807) is 4.80 Å². The van der Waals surface area contributed by atoms with Crippen LogP contribution in [-0.4, -0.2) is 44.2 Å². The van der Waals surface area contributed by atoms with E-state index >= 15 is 0 Å². The first-order valence-electron chi connectivity index (χ1n) is 11.1. The van der Waals surface area contributed by atoms with Crippen molar-refractivity contribution >= 4 is 11.7 Å². The first-order chi connectivity index (χ1) is 15.3. The zero-order valence-electron chi connectivity index (χ0n) is 17.8. The van der Waals surface area contributed by atoms with Gasteiger partial charge in [-0.1, -0.05) is 43.2 Å². The van der Waals surface area contributed by atoms with E-state index in [1.165, 1.54) is 25.7 Å². The molecule has 1 aliphatic rings. The molecule has 1 fully saturated rings. The number of carbonyl (C=O) groups excluding carboxylic acids is 1. The number of hydrogen-bond acceptors (Lipinski definition) is 6. The standard InChI is InChI=1S/C23H29N7O/c31-22(11-8-16-30-27-23(26-28-30)20-9-4-3-5-10-20)25-18-19-12-13-24-21(17-19)29-14-6-1-2-7-15-29/h3-5,9-10,12-13,17H,1-2,6-8,11,14-16,18H2,(H,25,31). The van der Waals surface area contributed by atoms with E-state index in [1.807, 2.05) is 42.6 Å². The van der Waals surface area contributed by atoms with Crippen LogP contribution in [0.3, 0.4) is 0 Å². The van der Waals surface area contributed by atoms with Gasteiger partial charge in [0.05, 0.1) is 6.54 Å². The van der Waals surface area contributed by atoms with Gasteiger partial charge in [0.2, 0.25) is 11.7 Å². The lowest BCUT2D eigenvalue weighted by Gasteiger charge is -2.21. The number of amides is 1. The quantitative estimate of drug-likeness (QED) is 0.603. The second kappa shape index (κ2) is 10.7. The highest BCUT2D eigenvalue weighted by atomic mass is 16.1. The molecule has 3 aromatic rings. The highest BCUT2D eigenvalue weighted by Crippen LogP contribution is 2.18. The molecule has 2 aromatic heterocycles. The molecule has 8 nitrogen and oxygen atoms in total. The molecule has 1 aliphatic heterocycles. The number of carbonyl (C=O) groups is 1. The predicted molar refractivity (Wildman–Crippen MR) is 119 cm³/mol. The van der Waals surface area contributed by atoms with Crippen molar-refractivity contribution in [1.82, 2.24) is 30.5 Å². The Hall–Kier alpha value is -3.29. The summed E-state index contributed by atoms with van der Waals surface area (Å²) in [5.74, 6) is 1.64. The smallest absolute Gasteiger partial charge is 0.220 e. The number of tetrazole rings is 1. The lowest BCUT2D eigenvalue weighted by atomic mass is 10.2. The summed E-state index contributed by atoms with van der Waals surface area (Å²) in [6.45, 7) is 3.19. The molecule has 1 amide bonds. The molecule has 0 aliphatic carbocycles. The molecular weight excluding hydrogens is 390 g/mol. The number of nitrogens with zero attached hydrogens (tertiary/aromatic N) is 6. The summed E-state index contributed by atoms with van der Waals surface area (Å²) in [5, 5.41) is 15.6. The van der Waals surface area contributed by atoms with Crippen LogP contribution < -0.4 is 10.2 Å². The summed E-state index contributed by atoms with van der Waals surface area (Å²) in [7, 11) is 0. The lowest BCUT2D eigenvalue weighted by Crippen LogP contribution is -2.26. The van der Waals surface area contributed by atoms with E-state index < -0.39 is 0 Å². The fourth-order valence-corrected chi connectivity index (χ4v) is 3.75. The van der Waals surface area contributed by atoms with E-state index in [4.69, 9.17) is 0 Å². The highest BCUT2D eigenvalue weighted by Gasteiger charge is 2.12. The van der Waals surface area contributed by atoms with Gasteiger partial charge in [-0.15, -0.1) is 10.2 Å². The Morgan fingerprint density at radius 1 is 1.03 bits per heavy atom. The third-order valence-electron chi connectivity index (χ3n) is 5.48. The molecular formula is C23H29N7O. The van der Waals surface area contributed by atoms with Crippen molar-refractivity contribution in [2.75, 3.05) is 18.0 Å². The third kappa shape index (κ3) is 6.10. The number of benzene rings is 1. The Morgan fingerprint density at radius 2 is 1.84 bits per heavy atom. The Morgan fingerprint density at radius 3 is 2.65 bits per heavy atom. The van der Waals surface area contributed by atoms with Crippen LogP contribution in [0.25, 0.3) is 11.4 Å². The van der Waals surface area contributed by atoms with E-state index in [9.17, 15) is 4.79 Å². The number of nitrogens with one attached hydrogen (secondary N) is 1. The molecule has 0 bridgehead atoms. The third-order valence-corrected chi connectivity index (χ3v) is 5.48. The van der Waals surface area contributed by atoms with Gasteiger partial charge in [0.25, 0.3) is 0 Å². The molecule has 31 heavy (non-hydrogen) atoms. The highest BCUT2D eigenvalue weighted by molar-refractivity contribution is 5.75. The van der Waals surface area contributed by atoms with Crippen molar-refractivity contribution < 1.29 is 4.79 Å². The summed E-state index contributed by atoms with van der Waals surface area (Å²) in [5.41, 5.74) is 2.01. The first kappa shape index (κ1) is 21.0. The largest absolute Gasteiger partial charge is 0.357 e. The fourth-order valence-electron chi connectivity index (χ4n) is 3.75. The van der Waals surface area contributed by atoms with Gasteiger partial charge in [-0.3, -0.25) is 4.79 Å². The molecule has 4 rings (SSSR count). The van der Waals surface area contributed by atoms with Crippen molar-refractivity contribution in [3.8, 4) is 11.4 Å². The van der Waals surface area contributed by atoms with Gasteiger partial charge in [-0.05, 0) is 42.2 Å². The van der Waals surface area contributed by atoms with Crippen molar-refractivity contribution in [2.45, 2.75) is 51.6 Å². The normalized spacial score (nSPS) is 14.3. The van der Waals surface area contributed by atoms with E-state index in [-0.39, 0.29) is 5.91 Å². The van der Waals surface area contributed by atoms with Gasteiger partial charge < -0.3 is 10.2 Å². The maximum absolute atomic E-state index is 12.3. The van der Waals surface area contributed by atoms with Gasteiger partial charge in [0.15, 0.2) is 0 Å². The Bertz CT molecular complexity index is 965. The lowest BCUT2D eigenvalue weighted by molar-refractivity contribution is -0.121. The summed E-state index contributed by atoms with van der Waals surface area (Å²) >= 11 is 0. The monoisotopic (exact) mass is 419 g/mol. The SMILES string of the molecule is O=C(CCCn1nnc(-c2ccccc2)n1)NCc1ccnc(N2CCCCCC2)c1. The zero-order valence-corrected chi connectivity index (χ0v) is 17.8. The Labute approximate surface area is 182 Å². The molecule has 162 valence electrons. The average molecular weight is 420 g/mol. The molecule has 1 saturated heterocycles. The molecule has 0 spiro atoms. The van der Waals surface area contributed by atoms with Crippen LogP contribution in [0.1, 0.15) is 44.1 Å². The van der Waals surface area contributed by atoms with Gasteiger partial charge in [0, 0.05) is 37.8 Å². The minimum Gasteiger partial charge on any atom is -0.357 e. The maximum atomic E-state index is 12.3. The van der Waals surface area contributed by atoms with Crippen molar-refractivity contribution in [3.05, 3.63) is 54.2 Å².